The zero-order valence-electron chi connectivity index (χ0n) is 20.5. The number of benzene rings is 1. The van der Waals surface area contributed by atoms with Gasteiger partial charge in [0.05, 0.1) is 6.04 Å². The minimum absolute atomic E-state index is 0.0969. The molecule has 1 unspecified atom stereocenters. The average molecular weight is 495 g/mol. The second-order valence-electron chi connectivity index (χ2n) is 9.95. The third-order valence-electron chi connectivity index (χ3n) is 7.14. The summed E-state index contributed by atoms with van der Waals surface area (Å²) in [6.45, 7) is 5.22. The van der Waals surface area contributed by atoms with Crippen molar-refractivity contribution in [3.63, 3.8) is 0 Å². The van der Waals surface area contributed by atoms with E-state index in [0.717, 1.165) is 24.8 Å². The van der Waals surface area contributed by atoms with Crippen LogP contribution in [0.3, 0.4) is 0 Å². The summed E-state index contributed by atoms with van der Waals surface area (Å²) in [7, 11) is 0. The third-order valence-corrected chi connectivity index (χ3v) is 7.14. The first-order valence-electron chi connectivity index (χ1n) is 12.5. The predicted molar refractivity (Wildman–Crippen MR) is 127 cm³/mol. The summed E-state index contributed by atoms with van der Waals surface area (Å²) < 4.78 is 11.4. The van der Waals surface area contributed by atoms with Crippen LogP contribution >= 0.6 is 0 Å². The summed E-state index contributed by atoms with van der Waals surface area (Å²) in [5.41, 5.74) is 1.63. The fourth-order valence-electron chi connectivity index (χ4n) is 5.08. The molecule has 36 heavy (non-hydrogen) atoms. The largest absolute Gasteiger partial charge is 0.491 e. The minimum atomic E-state index is -0.651. The SMILES string of the molecule is CC(C)c1cc(C(=O)N2CCCC[C@H]2COc2ccc3c(c2)CN(C2CCC(=O)NC2=O)C3=O)no1. The summed E-state index contributed by atoms with van der Waals surface area (Å²) in [4.78, 5) is 53.1. The Morgan fingerprint density at radius 2 is 2.03 bits per heavy atom. The van der Waals surface area contributed by atoms with Crippen molar-refractivity contribution in [1.29, 1.82) is 0 Å². The van der Waals surface area contributed by atoms with Gasteiger partial charge in [0.25, 0.3) is 11.8 Å². The van der Waals surface area contributed by atoms with Crippen LogP contribution in [-0.4, -0.2) is 63.8 Å². The van der Waals surface area contributed by atoms with Gasteiger partial charge in [0.1, 0.15) is 24.2 Å². The van der Waals surface area contributed by atoms with E-state index >= 15 is 0 Å². The Hall–Kier alpha value is -3.69. The van der Waals surface area contributed by atoms with Gasteiger partial charge in [0, 0.05) is 37.1 Å². The molecular formula is C26H30N4O6. The highest BCUT2D eigenvalue weighted by Crippen LogP contribution is 2.31. The van der Waals surface area contributed by atoms with Crippen LogP contribution in [0, 0.1) is 0 Å². The zero-order chi connectivity index (χ0) is 25.4. The standard InChI is InChI=1S/C26H30N4O6/c1-15(2)22-12-20(28-36-22)26(34)29-10-4-3-5-17(29)14-35-18-6-7-19-16(11-18)13-30(25(19)33)21-8-9-23(31)27-24(21)32/h6-7,11-12,15,17,21H,3-5,8-10,13-14H2,1-2H3,(H,27,31,32)/t17-,21?/m0/s1. The van der Waals surface area contributed by atoms with Gasteiger partial charge in [-0.05, 0) is 49.4 Å². The Morgan fingerprint density at radius 1 is 1.19 bits per heavy atom. The first kappa shape index (κ1) is 24.0. The molecule has 1 aromatic heterocycles. The Bertz CT molecular complexity index is 1200. The highest BCUT2D eigenvalue weighted by molar-refractivity contribution is 6.05. The van der Waals surface area contributed by atoms with Crippen molar-refractivity contribution in [3.05, 3.63) is 46.8 Å². The van der Waals surface area contributed by atoms with E-state index in [9.17, 15) is 19.2 Å². The highest BCUT2D eigenvalue weighted by Gasteiger charge is 2.39. The van der Waals surface area contributed by atoms with Crippen LogP contribution in [0.15, 0.2) is 28.8 Å². The maximum Gasteiger partial charge on any atom is 0.276 e. The van der Waals surface area contributed by atoms with Gasteiger partial charge in [-0.3, -0.25) is 24.5 Å². The Kier molecular flexibility index (Phi) is 6.51. The summed E-state index contributed by atoms with van der Waals surface area (Å²) >= 11 is 0. The molecular weight excluding hydrogens is 464 g/mol. The number of amides is 4. The normalized spacial score (nSPS) is 22.1. The number of rotatable bonds is 6. The fraction of sp³-hybridized carbons (Fsp3) is 0.500. The van der Waals surface area contributed by atoms with Crippen LogP contribution < -0.4 is 10.1 Å². The first-order valence-corrected chi connectivity index (χ1v) is 12.5. The number of hydrogen-bond acceptors (Lipinski definition) is 7. The number of likely N-dealkylation sites (tertiary alicyclic amines) is 1. The topological polar surface area (TPSA) is 122 Å². The van der Waals surface area contributed by atoms with Crippen LogP contribution in [0.5, 0.6) is 5.75 Å². The summed E-state index contributed by atoms with van der Waals surface area (Å²) in [5, 5.41) is 6.29. The minimum Gasteiger partial charge on any atom is -0.491 e. The van der Waals surface area contributed by atoms with Gasteiger partial charge >= 0.3 is 0 Å². The van der Waals surface area contributed by atoms with Crippen molar-refractivity contribution in [3.8, 4) is 5.75 Å². The molecule has 0 spiro atoms. The maximum absolute atomic E-state index is 13.1. The number of hydrogen-bond donors (Lipinski definition) is 1. The fourth-order valence-corrected chi connectivity index (χ4v) is 5.08. The molecule has 0 aliphatic carbocycles. The second kappa shape index (κ2) is 9.75. The van der Waals surface area contributed by atoms with Crippen LogP contribution in [0.4, 0.5) is 0 Å². The lowest BCUT2D eigenvalue weighted by molar-refractivity contribution is -0.136. The van der Waals surface area contributed by atoms with Crippen molar-refractivity contribution >= 4 is 23.6 Å². The molecule has 5 rings (SSSR count). The Balaban J connectivity index is 1.24. The number of imide groups is 1. The quantitative estimate of drug-likeness (QED) is 0.613. The lowest BCUT2D eigenvalue weighted by atomic mass is 10.0. The van der Waals surface area contributed by atoms with Gasteiger partial charge in [-0.1, -0.05) is 19.0 Å². The van der Waals surface area contributed by atoms with E-state index in [1.165, 1.54) is 4.90 Å². The van der Waals surface area contributed by atoms with Crippen LogP contribution in [0.2, 0.25) is 0 Å². The number of carbonyl (C=O) groups excluding carboxylic acids is 4. The lowest BCUT2D eigenvalue weighted by Gasteiger charge is -2.35. The molecule has 0 bridgehead atoms. The molecule has 0 saturated carbocycles. The van der Waals surface area contributed by atoms with Crippen LogP contribution in [0.1, 0.15) is 84.0 Å². The predicted octanol–water partition coefficient (Wildman–Crippen LogP) is 2.63. The second-order valence-corrected chi connectivity index (χ2v) is 9.95. The molecule has 10 heteroatoms. The number of aromatic nitrogens is 1. The number of carbonyl (C=O) groups is 4. The molecule has 3 aliphatic heterocycles. The van der Waals surface area contributed by atoms with E-state index in [-0.39, 0.29) is 42.6 Å². The molecule has 0 radical (unpaired) electrons. The molecule has 4 amide bonds. The van der Waals surface area contributed by atoms with Gasteiger partial charge in [-0.15, -0.1) is 0 Å². The van der Waals surface area contributed by atoms with E-state index < -0.39 is 11.9 Å². The summed E-state index contributed by atoms with van der Waals surface area (Å²) in [5.74, 6) is 0.322. The van der Waals surface area contributed by atoms with Gasteiger partial charge in [0.15, 0.2) is 5.69 Å². The number of nitrogens with one attached hydrogen (secondary N) is 1. The van der Waals surface area contributed by atoms with Crippen molar-refractivity contribution < 1.29 is 28.4 Å². The molecule has 2 fully saturated rings. The van der Waals surface area contributed by atoms with E-state index in [0.29, 0.717) is 42.3 Å². The van der Waals surface area contributed by atoms with Gasteiger partial charge in [-0.25, -0.2) is 0 Å². The van der Waals surface area contributed by atoms with E-state index in [4.69, 9.17) is 9.26 Å². The van der Waals surface area contributed by atoms with Crippen molar-refractivity contribution in [2.24, 2.45) is 0 Å². The van der Waals surface area contributed by atoms with E-state index in [1.54, 1.807) is 18.2 Å². The lowest BCUT2D eigenvalue weighted by Crippen LogP contribution is -2.52. The van der Waals surface area contributed by atoms with E-state index in [1.807, 2.05) is 24.8 Å². The summed E-state index contributed by atoms with van der Waals surface area (Å²) in [6.07, 6.45) is 3.30. The molecule has 2 saturated heterocycles. The number of ether oxygens (including phenoxy) is 1. The number of fused-ring (bicyclic) bond motifs is 1. The number of piperidine rings is 2. The monoisotopic (exact) mass is 494 g/mol. The Labute approximate surface area is 208 Å². The molecule has 4 heterocycles. The Morgan fingerprint density at radius 3 is 2.78 bits per heavy atom. The maximum atomic E-state index is 13.1. The van der Waals surface area contributed by atoms with Crippen molar-refractivity contribution in [2.45, 2.75) is 70.5 Å². The zero-order valence-corrected chi connectivity index (χ0v) is 20.5. The van der Waals surface area contributed by atoms with Gasteiger partial charge in [-0.2, -0.15) is 0 Å². The number of nitrogens with zero attached hydrogens (tertiary/aromatic N) is 3. The van der Waals surface area contributed by atoms with Crippen molar-refractivity contribution in [1.82, 2.24) is 20.3 Å². The molecule has 2 atom stereocenters. The molecule has 1 aromatic carbocycles. The van der Waals surface area contributed by atoms with E-state index in [2.05, 4.69) is 10.5 Å². The first-order chi connectivity index (χ1) is 17.3. The summed E-state index contributed by atoms with van der Waals surface area (Å²) in [6, 6.07) is 6.24. The smallest absolute Gasteiger partial charge is 0.276 e. The van der Waals surface area contributed by atoms with Crippen molar-refractivity contribution in [2.75, 3.05) is 13.2 Å². The molecule has 3 aliphatic rings. The third kappa shape index (κ3) is 4.59. The average Bonchev–Trinajstić information content (AvgIpc) is 3.48. The van der Waals surface area contributed by atoms with Crippen LogP contribution in [-0.2, 0) is 16.1 Å². The van der Waals surface area contributed by atoms with Gasteiger partial charge < -0.3 is 19.1 Å². The van der Waals surface area contributed by atoms with Gasteiger partial charge in [0.2, 0.25) is 11.8 Å². The molecule has 1 N–H and O–H groups in total. The highest BCUT2D eigenvalue weighted by atomic mass is 16.5. The molecule has 2 aromatic rings. The molecule has 10 nitrogen and oxygen atoms in total. The van der Waals surface area contributed by atoms with Crippen LogP contribution in [0.25, 0.3) is 0 Å². The molecule has 190 valence electrons.